The third-order valence-electron chi connectivity index (χ3n) is 4.73. The molecule has 10 nitrogen and oxygen atoms in total. The van der Waals surface area contributed by atoms with Crippen LogP contribution in [0.3, 0.4) is 0 Å². The summed E-state index contributed by atoms with van der Waals surface area (Å²) in [5.41, 5.74) is 14.1. The largest absolute Gasteiger partial charge is 0.478 e. The molecule has 2 rings (SSSR count). The number of anilines is 2. The Morgan fingerprint density at radius 3 is 1.88 bits per heavy atom. The third-order valence-corrected chi connectivity index (χ3v) is 4.73. The van der Waals surface area contributed by atoms with Crippen LogP contribution in [0.2, 0.25) is 0 Å². The van der Waals surface area contributed by atoms with Gasteiger partial charge in [-0.25, -0.2) is 9.59 Å². The number of aromatic carboxylic acids is 2. The van der Waals surface area contributed by atoms with Gasteiger partial charge in [0.25, 0.3) is 0 Å². The first-order valence-electron chi connectivity index (χ1n) is 9.88. The zero-order chi connectivity index (χ0) is 24.4. The smallest absolute Gasteiger partial charge is 0.335 e. The van der Waals surface area contributed by atoms with Gasteiger partial charge in [0.15, 0.2) is 0 Å². The van der Waals surface area contributed by atoms with Crippen LogP contribution in [0, 0.1) is 0 Å². The molecule has 0 heterocycles. The summed E-state index contributed by atoms with van der Waals surface area (Å²) < 4.78 is 0. The molecular formula is C22H30N2O8. The molecule has 0 fully saturated rings. The zero-order valence-corrected chi connectivity index (χ0v) is 17.7. The maximum Gasteiger partial charge on any atom is 0.335 e. The molecule has 32 heavy (non-hydrogen) atoms. The number of hydrogen-bond donors (Lipinski definition) is 8. The minimum atomic E-state index is -1.07. The van der Waals surface area contributed by atoms with Gasteiger partial charge in [-0.05, 0) is 53.4 Å². The number of nitrogens with two attached hydrogens (primary N) is 2. The lowest BCUT2D eigenvalue weighted by Gasteiger charge is -2.16. The number of carboxylic acids is 2. The SMILES string of the molecule is CCc1c(N)ccc(C(=O)O)c1CC(O)CO.Nc1ccc(C(=O)O)c(CC(O)CO)c1. The van der Waals surface area contributed by atoms with Gasteiger partial charge in [0.2, 0.25) is 0 Å². The van der Waals surface area contributed by atoms with Crippen molar-refractivity contribution in [3.63, 3.8) is 0 Å². The van der Waals surface area contributed by atoms with Gasteiger partial charge in [-0.2, -0.15) is 0 Å². The van der Waals surface area contributed by atoms with E-state index in [4.69, 9.17) is 31.9 Å². The number of hydrogen-bond acceptors (Lipinski definition) is 8. The second-order valence-electron chi connectivity index (χ2n) is 7.12. The highest BCUT2D eigenvalue weighted by Gasteiger charge is 2.18. The van der Waals surface area contributed by atoms with Gasteiger partial charge in [-0.3, -0.25) is 0 Å². The number of nitrogen functional groups attached to an aromatic ring is 2. The van der Waals surface area contributed by atoms with Crippen molar-refractivity contribution in [2.24, 2.45) is 0 Å². The Morgan fingerprint density at radius 2 is 1.38 bits per heavy atom. The monoisotopic (exact) mass is 450 g/mol. The molecule has 0 spiro atoms. The molecule has 10 N–H and O–H groups in total. The Labute approximate surface area is 185 Å². The summed E-state index contributed by atoms with van der Waals surface area (Å²) in [4.78, 5) is 21.9. The van der Waals surface area contributed by atoms with Crippen molar-refractivity contribution in [1.82, 2.24) is 0 Å². The number of rotatable bonds is 9. The van der Waals surface area contributed by atoms with E-state index in [-0.39, 0.29) is 24.0 Å². The van der Waals surface area contributed by atoms with Crippen LogP contribution in [-0.4, -0.2) is 68.0 Å². The first-order valence-corrected chi connectivity index (χ1v) is 9.88. The minimum absolute atomic E-state index is 0.0726. The molecule has 10 heteroatoms. The predicted molar refractivity (Wildman–Crippen MR) is 119 cm³/mol. The highest BCUT2D eigenvalue weighted by atomic mass is 16.4. The van der Waals surface area contributed by atoms with E-state index >= 15 is 0 Å². The van der Waals surface area contributed by atoms with Crippen LogP contribution in [-0.2, 0) is 19.3 Å². The summed E-state index contributed by atoms with van der Waals surface area (Å²) >= 11 is 0. The second kappa shape index (κ2) is 12.6. The van der Waals surface area contributed by atoms with Crippen molar-refractivity contribution in [3.05, 3.63) is 58.1 Å². The zero-order valence-electron chi connectivity index (χ0n) is 17.7. The van der Waals surface area contributed by atoms with E-state index in [0.29, 0.717) is 28.9 Å². The van der Waals surface area contributed by atoms with Crippen molar-refractivity contribution in [3.8, 4) is 0 Å². The van der Waals surface area contributed by atoms with Crippen LogP contribution in [0.1, 0.15) is 44.3 Å². The van der Waals surface area contributed by atoms with Gasteiger partial charge in [0.05, 0.1) is 36.5 Å². The fourth-order valence-corrected chi connectivity index (χ4v) is 3.17. The molecule has 0 saturated carbocycles. The molecule has 2 aromatic carbocycles. The Morgan fingerprint density at radius 1 is 0.844 bits per heavy atom. The molecule has 0 saturated heterocycles. The summed E-state index contributed by atoms with van der Waals surface area (Å²) in [6.45, 7) is 1.05. The number of carbonyl (C=O) groups is 2. The third kappa shape index (κ3) is 7.50. The summed E-state index contributed by atoms with van der Waals surface area (Å²) in [6.07, 6.45) is -1.19. The molecule has 0 aromatic heterocycles. The van der Waals surface area contributed by atoms with E-state index in [2.05, 4.69) is 0 Å². The standard InChI is InChI=1S/C12H17NO4.C10H13NO4/c1-2-8-10(5-7(15)6-14)9(12(16)17)3-4-11(8)13;11-7-1-2-9(10(14)15)6(3-7)4-8(13)5-12/h3-4,7,14-15H,2,5-6,13H2,1H3,(H,16,17);1-3,8,12-13H,4-5,11H2,(H,14,15). The molecule has 0 bridgehead atoms. The van der Waals surface area contributed by atoms with Crippen molar-refractivity contribution in [2.45, 2.75) is 38.4 Å². The Balaban J connectivity index is 0.000000323. The van der Waals surface area contributed by atoms with Gasteiger partial charge in [0.1, 0.15) is 0 Å². The predicted octanol–water partition coefficient (Wildman–Crippen LogP) is 0.288. The summed E-state index contributed by atoms with van der Waals surface area (Å²) in [5.74, 6) is -2.13. The van der Waals surface area contributed by atoms with Crippen molar-refractivity contribution in [2.75, 3.05) is 24.7 Å². The Hall–Kier alpha value is -3.18. The van der Waals surface area contributed by atoms with E-state index in [0.717, 1.165) is 5.56 Å². The van der Waals surface area contributed by atoms with E-state index in [9.17, 15) is 19.8 Å². The summed E-state index contributed by atoms with van der Waals surface area (Å²) in [6, 6.07) is 7.34. The maximum absolute atomic E-state index is 11.1. The normalized spacial score (nSPS) is 12.4. The average Bonchev–Trinajstić information content (AvgIpc) is 2.73. The number of carboxylic acid groups (broad SMARTS) is 2. The fraction of sp³-hybridized carbons (Fsp3) is 0.364. The van der Waals surface area contributed by atoms with Crippen molar-refractivity contribution >= 4 is 23.3 Å². The molecule has 176 valence electrons. The Bertz CT molecular complexity index is 932. The van der Waals surface area contributed by atoms with Crippen LogP contribution in [0.5, 0.6) is 0 Å². The van der Waals surface area contributed by atoms with E-state index < -0.39 is 37.4 Å². The van der Waals surface area contributed by atoms with Crippen LogP contribution in [0.15, 0.2) is 30.3 Å². The number of aliphatic hydroxyl groups excluding tert-OH is 4. The highest BCUT2D eigenvalue weighted by molar-refractivity contribution is 5.91. The lowest BCUT2D eigenvalue weighted by Crippen LogP contribution is -2.19. The molecule has 0 aliphatic carbocycles. The first-order chi connectivity index (χ1) is 15.0. The Kier molecular flexibility index (Phi) is 10.6. The van der Waals surface area contributed by atoms with Gasteiger partial charge in [-0.1, -0.05) is 6.92 Å². The average molecular weight is 450 g/mol. The first kappa shape index (κ1) is 26.9. The molecule has 0 aliphatic rings. The molecule has 2 atom stereocenters. The molecule has 2 unspecified atom stereocenters. The van der Waals surface area contributed by atoms with E-state index in [1.807, 2.05) is 6.92 Å². The minimum Gasteiger partial charge on any atom is -0.478 e. The van der Waals surface area contributed by atoms with E-state index in [1.54, 1.807) is 6.07 Å². The molecular weight excluding hydrogens is 420 g/mol. The lowest BCUT2D eigenvalue weighted by molar-refractivity contribution is 0.0680. The van der Waals surface area contributed by atoms with Gasteiger partial charge >= 0.3 is 11.9 Å². The van der Waals surface area contributed by atoms with Crippen LogP contribution in [0.4, 0.5) is 11.4 Å². The van der Waals surface area contributed by atoms with Gasteiger partial charge < -0.3 is 42.1 Å². The highest BCUT2D eigenvalue weighted by Crippen LogP contribution is 2.24. The second-order valence-corrected chi connectivity index (χ2v) is 7.12. The summed E-state index contributed by atoms with van der Waals surface area (Å²) in [5, 5.41) is 54.1. The molecule has 0 radical (unpaired) electrons. The van der Waals surface area contributed by atoms with Crippen molar-refractivity contribution in [1.29, 1.82) is 0 Å². The quantitative estimate of drug-likeness (QED) is 0.245. The topological polar surface area (TPSA) is 208 Å². The molecule has 0 amide bonds. The fourth-order valence-electron chi connectivity index (χ4n) is 3.17. The summed E-state index contributed by atoms with van der Waals surface area (Å²) in [7, 11) is 0. The van der Waals surface area contributed by atoms with Crippen LogP contribution in [0.25, 0.3) is 0 Å². The lowest BCUT2D eigenvalue weighted by atomic mass is 9.93. The number of aliphatic hydroxyl groups is 4. The molecule has 0 aliphatic heterocycles. The van der Waals surface area contributed by atoms with Gasteiger partial charge in [-0.15, -0.1) is 0 Å². The van der Waals surface area contributed by atoms with Crippen molar-refractivity contribution < 1.29 is 40.2 Å². The van der Waals surface area contributed by atoms with E-state index in [1.165, 1.54) is 24.3 Å². The van der Waals surface area contributed by atoms with Gasteiger partial charge in [0, 0.05) is 24.2 Å². The molecule has 2 aromatic rings. The van der Waals surface area contributed by atoms with Crippen LogP contribution >= 0.6 is 0 Å². The maximum atomic E-state index is 11.1. The van der Waals surface area contributed by atoms with Crippen LogP contribution < -0.4 is 11.5 Å². The number of benzene rings is 2.